The first-order valence-corrected chi connectivity index (χ1v) is 12.2. The Hall–Kier alpha value is -3.01. The fraction of sp³-hybridized carbons (Fsp3) is 0.500. The molecule has 0 spiro atoms. The zero-order chi connectivity index (χ0) is 24.5. The predicted molar refractivity (Wildman–Crippen MR) is 135 cm³/mol. The summed E-state index contributed by atoms with van der Waals surface area (Å²) < 4.78 is 17.0. The maximum absolute atomic E-state index is 9.77. The van der Waals surface area contributed by atoms with Crippen molar-refractivity contribution in [3.05, 3.63) is 35.9 Å². The molecular formula is C26H33N5O4. The first kappa shape index (κ1) is 23.7. The summed E-state index contributed by atoms with van der Waals surface area (Å²) in [7, 11) is 1.60. The van der Waals surface area contributed by atoms with E-state index in [9.17, 15) is 5.11 Å². The summed E-state index contributed by atoms with van der Waals surface area (Å²) in [5, 5.41) is 10.7. The highest BCUT2D eigenvalue weighted by atomic mass is 16.5. The second-order valence-corrected chi connectivity index (χ2v) is 9.38. The molecule has 186 valence electrons. The number of methoxy groups -OCH3 is 1. The molecule has 2 aliphatic rings. The van der Waals surface area contributed by atoms with Gasteiger partial charge < -0.3 is 29.1 Å². The van der Waals surface area contributed by atoms with Crippen molar-refractivity contribution in [3.63, 3.8) is 0 Å². The molecule has 4 heterocycles. The van der Waals surface area contributed by atoms with Gasteiger partial charge in [-0.3, -0.25) is 0 Å². The predicted octanol–water partition coefficient (Wildman–Crippen LogP) is 3.03. The Morgan fingerprint density at radius 1 is 1.06 bits per heavy atom. The Labute approximate surface area is 205 Å². The van der Waals surface area contributed by atoms with Crippen LogP contribution in [0.1, 0.15) is 26.3 Å². The second kappa shape index (κ2) is 9.93. The third-order valence-electron chi connectivity index (χ3n) is 6.62. The largest absolute Gasteiger partial charge is 0.496 e. The summed E-state index contributed by atoms with van der Waals surface area (Å²) in [6, 6.07) is 9.93. The number of nitrogens with zero attached hydrogens (tertiary/aromatic N) is 5. The van der Waals surface area contributed by atoms with E-state index in [1.54, 1.807) is 7.11 Å². The molecule has 35 heavy (non-hydrogen) atoms. The third-order valence-corrected chi connectivity index (χ3v) is 6.62. The first-order chi connectivity index (χ1) is 17.0. The Bertz CT molecular complexity index is 1200. The molecule has 0 unspecified atom stereocenters. The van der Waals surface area contributed by atoms with Gasteiger partial charge >= 0.3 is 0 Å². The topological polar surface area (TPSA) is 93.1 Å². The number of pyridine rings is 1. The summed E-state index contributed by atoms with van der Waals surface area (Å²) in [5.41, 5.74) is 3.04. The van der Waals surface area contributed by atoms with Crippen molar-refractivity contribution in [2.24, 2.45) is 0 Å². The molecule has 5 rings (SSSR count). The van der Waals surface area contributed by atoms with Crippen LogP contribution in [0.2, 0.25) is 0 Å². The number of aliphatic hydroxyl groups is 1. The minimum atomic E-state index is -0.108. The standard InChI is InChI=1S/C26H33N5O4/c1-16-15-34-10-9-31(16)26-28-24-21(25(29-26)30-12-17(2)35-18(3)13-30)6-7-22(27-24)19-5-8-23(33-4)20(11-19)14-32/h5-8,11,16-18,32H,9-10,12-15H2,1-4H3/t16-,17-,18+/m0/s1. The average Bonchev–Trinajstić information content (AvgIpc) is 2.87. The molecule has 0 bridgehead atoms. The van der Waals surface area contributed by atoms with E-state index in [1.807, 2.05) is 30.3 Å². The van der Waals surface area contributed by atoms with Gasteiger partial charge in [-0.2, -0.15) is 9.97 Å². The Kier molecular flexibility index (Phi) is 6.73. The Balaban J connectivity index is 1.63. The highest BCUT2D eigenvalue weighted by Crippen LogP contribution is 2.32. The van der Waals surface area contributed by atoms with Crippen LogP contribution in [0.3, 0.4) is 0 Å². The van der Waals surface area contributed by atoms with Crippen molar-refractivity contribution in [1.29, 1.82) is 0 Å². The van der Waals surface area contributed by atoms with E-state index in [0.29, 0.717) is 30.6 Å². The summed E-state index contributed by atoms with van der Waals surface area (Å²) in [6.07, 6.45) is 0.218. The van der Waals surface area contributed by atoms with Crippen molar-refractivity contribution in [2.75, 3.05) is 49.8 Å². The molecule has 2 aliphatic heterocycles. The number of ether oxygens (including phenoxy) is 3. The van der Waals surface area contributed by atoms with Gasteiger partial charge in [0.1, 0.15) is 11.6 Å². The highest BCUT2D eigenvalue weighted by Gasteiger charge is 2.28. The number of morpholine rings is 2. The van der Waals surface area contributed by atoms with Crippen LogP contribution in [-0.4, -0.2) is 78.3 Å². The van der Waals surface area contributed by atoms with E-state index >= 15 is 0 Å². The van der Waals surface area contributed by atoms with Crippen molar-refractivity contribution in [2.45, 2.75) is 45.6 Å². The number of fused-ring (bicyclic) bond motifs is 1. The van der Waals surface area contributed by atoms with Gasteiger partial charge in [0.15, 0.2) is 5.65 Å². The van der Waals surface area contributed by atoms with E-state index in [1.165, 1.54) is 0 Å². The minimum Gasteiger partial charge on any atom is -0.496 e. The van der Waals surface area contributed by atoms with Crippen LogP contribution in [0.15, 0.2) is 30.3 Å². The smallest absolute Gasteiger partial charge is 0.229 e. The van der Waals surface area contributed by atoms with Crippen LogP contribution < -0.4 is 14.5 Å². The highest BCUT2D eigenvalue weighted by molar-refractivity contribution is 5.90. The molecule has 1 N–H and O–H groups in total. The third kappa shape index (κ3) is 4.76. The molecule has 0 amide bonds. The van der Waals surface area contributed by atoms with Gasteiger partial charge in [-0.1, -0.05) is 0 Å². The zero-order valence-electron chi connectivity index (χ0n) is 20.8. The number of anilines is 2. The Morgan fingerprint density at radius 3 is 2.57 bits per heavy atom. The monoisotopic (exact) mass is 479 g/mol. The molecular weight excluding hydrogens is 446 g/mol. The van der Waals surface area contributed by atoms with Gasteiger partial charge in [-0.15, -0.1) is 0 Å². The summed E-state index contributed by atoms with van der Waals surface area (Å²) in [6.45, 7) is 9.75. The molecule has 0 saturated carbocycles. The summed E-state index contributed by atoms with van der Waals surface area (Å²) >= 11 is 0. The van der Waals surface area contributed by atoms with Crippen LogP contribution in [-0.2, 0) is 16.1 Å². The van der Waals surface area contributed by atoms with Crippen LogP contribution >= 0.6 is 0 Å². The fourth-order valence-electron chi connectivity index (χ4n) is 4.95. The molecule has 0 aliphatic carbocycles. The van der Waals surface area contributed by atoms with Gasteiger partial charge in [0.2, 0.25) is 5.95 Å². The van der Waals surface area contributed by atoms with Crippen molar-refractivity contribution < 1.29 is 19.3 Å². The van der Waals surface area contributed by atoms with Crippen LogP contribution in [0, 0.1) is 0 Å². The minimum absolute atomic E-state index is 0.108. The molecule has 1 aromatic carbocycles. The quantitative estimate of drug-likeness (QED) is 0.593. The Morgan fingerprint density at radius 2 is 1.86 bits per heavy atom. The normalized spacial score (nSPS) is 23.1. The lowest BCUT2D eigenvalue weighted by Gasteiger charge is -2.38. The van der Waals surface area contributed by atoms with Gasteiger partial charge in [0, 0.05) is 30.8 Å². The number of hydrogen-bond acceptors (Lipinski definition) is 9. The number of aromatic nitrogens is 3. The van der Waals surface area contributed by atoms with E-state index < -0.39 is 0 Å². The summed E-state index contributed by atoms with van der Waals surface area (Å²) in [5.74, 6) is 2.21. The molecule has 9 nitrogen and oxygen atoms in total. The van der Waals surface area contributed by atoms with Crippen LogP contribution in [0.4, 0.5) is 11.8 Å². The second-order valence-electron chi connectivity index (χ2n) is 9.38. The lowest BCUT2D eigenvalue weighted by atomic mass is 10.1. The first-order valence-electron chi connectivity index (χ1n) is 12.2. The van der Waals surface area contributed by atoms with E-state index in [2.05, 4.69) is 30.6 Å². The lowest BCUT2D eigenvalue weighted by molar-refractivity contribution is -0.00537. The van der Waals surface area contributed by atoms with E-state index in [0.717, 1.165) is 47.7 Å². The van der Waals surface area contributed by atoms with Crippen molar-refractivity contribution in [1.82, 2.24) is 15.0 Å². The summed E-state index contributed by atoms with van der Waals surface area (Å²) in [4.78, 5) is 19.4. The van der Waals surface area contributed by atoms with Gasteiger partial charge in [0.05, 0.1) is 56.3 Å². The maximum atomic E-state index is 9.77. The maximum Gasteiger partial charge on any atom is 0.229 e. The average molecular weight is 480 g/mol. The van der Waals surface area contributed by atoms with Crippen LogP contribution in [0.5, 0.6) is 5.75 Å². The van der Waals surface area contributed by atoms with Gasteiger partial charge in [-0.25, -0.2) is 4.98 Å². The number of rotatable bonds is 5. The van der Waals surface area contributed by atoms with Crippen molar-refractivity contribution in [3.8, 4) is 17.0 Å². The van der Waals surface area contributed by atoms with Gasteiger partial charge in [-0.05, 0) is 51.1 Å². The SMILES string of the molecule is COc1ccc(-c2ccc3c(N4C[C@@H](C)O[C@@H](C)C4)nc(N4CCOC[C@@H]4C)nc3n2)cc1CO. The number of benzene rings is 1. The molecule has 3 aromatic rings. The molecule has 0 radical (unpaired) electrons. The molecule has 3 atom stereocenters. The number of hydrogen-bond donors (Lipinski definition) is 1. The zero-order valence-corrected chi connectivity index (χ0v) is 20.8. The molecule has 2 fully saturated rings. The van der Waals surface area contributed by atoms with Gasteiger partial charge in [0.25, 0.3) is 0 Å². The van der Waals surface area contributed by atoms with E-state index in [-0.39, 0.29) is 24.9 Å². The van der Waals surface area contributed by atoms with Crippen molar-refractivity contribution >= 4 is 22.8 Å². The van der Waals surface area contributed by atoms with Crippen LogP contribution in [0.25, 0.3) is 22.3 Å². The lowest BCUT2D eigenvalue weighted by Crippen LogP contribution is -2.47. The molecule has 2 aromatic heterocycles. The molecule has 2 saturated heterocycles. The molecule has 9 heteroatoms. The number of aliphatic hydroxyl groups excluding tert-OH is 1. The fourth-order valence-corrected chi connectivity index (χ4v) is 4.95. The van der Waals surface area contributed by atoms with E-state index in [4.69, 9.17) is 29.2 Å².